The van der Waals surface area contributed by atoms with E-state index in [2.05, 4.69) is 11.9 Å². The molecule has 0 bridgehead atoms. The van der Waals surface area contributed by atoms with Gasteiger partial charge in [-0.3, -0.25) is 0 Å². The van der Waals surface area contributed by atoms with E-state index < -0.39 is 10.1 Å². The van der Waals surface area contributed by atoms with Crippen molar-refractivity contribution in [3.8, 4) is 5.19 Å². The van der Waals surface area contributed by atoms with Crippen LogP contribution < -0.4 is 4.18 Å². The average Bonchev–Trinajstić information content (AvgIpc) is 2.98. The first-order valence-corrected chi connectivity index (χ1v) is 11.3. The number of fused-ring (bicyclic) bond motifs is 1. The quantitative estimate of drug-likeness (QED) is 0.431. The number of para-hydroxylation sites is 1. The van der Waals surface area contributed by atoms with Crippen molar-refractivity contribution in [2.75, 3.05) is 11.5 Å². The average molecular weight is 394 g/mol. The van der Waals surface area contributed by atoms with E-state index in [9.17, 15) is 8.42 Å². The van der Waals surface area contributed by atoms with Gasteiger partial charge in [-0.15, -0.1) is 0 Å². The molecule has 0 atom stereocenters. The molecule has 0 aliphatic rings. The summed E-state index contributed by atoms with van der Waals surface area (Å²) in [6.07, 6.45) is 0.842. The Hall–Kier alpha value is -1.57. The molecular weight excluding hydrogens is 374 g/mol. The van der Waals surface area contributed by atoms with Crippen molar-refractivity contribution in [1.82, 2.24) is 4.98 Å². The van der Waals surface area contributed by atoms with Crippen molar-refractivity contribution in [3.63, 3.8) is 0 Å². The lowest BCUT2D eigenvalue weighted by molar-refractivity contribution is 0.485. The molecule has 132 valence electrons. The van der Waals surface area contributed by atoms with Gasteiger partial charge >= 0.3 is 10.1 Å². The van der Waals surface area contributed by atoms with Crippen molar-refractivity contribution >= 4 is 43.4 Å². The maximum Gasteiger partial charge on any atom is 0.341 e. The van der Waals surface area contributed by atoms with Crippen LogP contribution in [0, 0.1) is 6.92 Å². The maximum absolute atomic E-state index is 12.6. The van der Waals surface area contributed by atoms with Gasteiger partial charge in [0.05, 0.1) is 10.2 Å². The largest absolute Gasteiger partial charge is 0.348 e. The number of aryl methyl sites for hydroxylation is 2. The van der Waals surface area contributed by atoms with Crippen LogP contribution in [0.3, 0.4) is 0 Å². The Bertz CT molecular complexity index is 947. The normalized spacial score (nSPS) is 11.8. The number of thioether (sulfide) groups is 1. The third-order valence-electron chi connectivity index (χ3n) is 3.78. The van der Waals surface area contributed by atoms with Crippen LogP contribution >= 0.6 is 23.1 Å². The van der Waals surface area contributed by atoms with Crippen LogP contribution in [-0.2, 0) is 16.5 Å². The Morgan fingerprint density at radius 2 is 2.00 bits per heavy atom. The standard InChI is InChI=1S/C18H19NO3S3/c1-3-23-11-10-14-12-15(9-8-13(14)2)25(20,21)22-18-19-16-6-4-5-7-17(16)24-18/h4-9,12H,3,10-11H2,1-2H3. The van der Waals surface area contributed by atoms with Crippen LogP contribution in [0.25, 0.3) is 10.2 Å². The topological polar surface area (TPSA) is 56.3 Å². The summed E-state index contributed by atoms with van der Waals surface area (Å²) in [5, 5.41) is 0.143. The molecule has 0 spiro atoms. The van der Waals surface area contributed by atoms with Crippen LogP contribution in [-0.4, -0.2) is 24.9 Å². The molecule has 4 nitrogen and oxygen atoms in total. The number of aromatic nitrogens is 1. The van der Waals surface area contributed by atoms with Crippen molar-refractivity contribution < 1.29 is 12.6 Å². The number of nitrogens with zero attached hydrogens (tertiary/aromatic N) is 1. The Kier molecular flexibility index (Phi) is 5.66. The molecule has 0 saturated heterocycles. The molecule has 3 aromatic rings. The molecule has 0 amide bonds. The van der Waals surface area contributed by atoms with Gasteiger partial charge in [0, 0.05) is 0 Å². The summed E-state index contributed by atoms with van der Waals surface area (Å²) >= 11 is 3.07. The summed E-state index contributed by atoms with van der Waals surface area (Å²) in [5.74, 6) is 2.03. The van der Waals surface area contributed by atoms with E-state index in [1.165, 1.54) is 11.3 Å². The van der Waals surface area contributed by atoms with Crippen LogP contribution in [0.5, 0.6) is 5.19 Å². The lowest BCUT2D eigenvalue weighted by Gasteiger charge is -2.09. The smallest absolute Gasteiger partial charge is 0.341 e. The first-order valence-electron chi connectivity index (χ1n) is 7.97. The fraction of sp³-hybridized carbons (Fsp3) is 0.278. The molecule has 2 aromatic carbocycles. The van der Waals surface area contributed by atoms with Crippen molar-refractivity contribution in [3.05, 3.63) is 53.6 Å². The lowest BCUT2D eigenvalue weighted by atomic mass is 10.1. The van der Waals surface area contributed by atoms with E-state index in [4.69, 9.17) is 4.18 Å². The highest BCUT2D eigenvalue weighted by Crippen LogP contribution is 2.30. The van der Waals surface area contributed by atoms with Gasteiger partial charge in [-0.05, 0) is 60.2 Å². The van der Waals surface area contributed by atoms with Crippen molar-refractivity contribution in [2.45, 2.75) is 25.2 Å². The van der Waals surface area contributed by atoms with Gasteiger partial charge < -0.3 is 4.18 Å². The van der Waals surface area contributed by atoms with Crippen LogP contribution in [0.1, 0.15) is 18.1 Å². The minimum atomic E-state index is -3.89. The summed E-state index contributed by atoms with van der Waals surface area (Å²) in [5.41, 5.74) is 2.87. The Labute approximate surface area is 156 Å². The van der Waals surface area contributed by atoms with E-state index in [1.54, 1.807) is 12.1 Å². The SMILES string of the molecule is CCSCCc1cc(S(=O)(=O)Oc2nc3ccccc3s2)ccc1C. The second kappa shape index (κ2) is 7.76. The van der Waals surface area contributed by atoms with E-state index >= 15 is 0 Å². The molecule has 0 radical (unpaired) electrons. The first kappa shape index (κ1) is 18.2. The number of thiazole rings is 1. The molecule has 0 N–H and O–H groups in total. The van der Waals surface area contributed by atoms with Gasteiger partial charge in [0.15, 0.2) is 0 Å². The summed E-state index contributed by atoms with van der Waals surface area (Å²) < 4.78 is 31.4. The number of hydrogen-bond donors (Lipinski definition) is 0. The zero-order valence-corrected chi connectivity index (χ0v) is 16.5. The molecule has 0 unspecified atom stereocenters. The van der Waals surface area contributed by atoms with Gasteiger partial charge in [0.1, 0.15) is 4.90 Å². The third kappa shape index (κ3) is 4.34. The molecule has 25 heavy (non-hydrogen) atoms. The maximum atomic E-state index is 12.6. The molecule has 7 heteroatoms. The Morgan fingerprint density at radius 3 is 2.76 bits per heavy atom. The molecule has 0 fully saturated rings. The predicted molar refractivity (Wildman–Crippen MR) is 105 cm³/mol. The highest BCUT2D eigenvalue weighted by molar-refractivity contribution is 7.99. The van der Waals surface area contributed by atoms with Crippen LogP contribution in [0.15, 0.2) is 47.4 Å². The van der Waals surface area contributed by atoms with Gasteiger partial charge in [-0.25, -0.2) is 4.98 Å². The first-order chi connectivity index (χ1) is 12.0. The third-order valence-corrected chi connectivity index (χ3v) is 6.91. The Balaban J connectivity index is 1.85. The van der Waals surface area contributed by atoms with E-state index in [-0.39, 0.29) is 10.1 Å². The number of benzene rings is 2. The molecule has 0 aliphatic carbocycles. The van der Waals surface area contributed by atoms with Gasteiger partial charge in [0.2, 0.25) is 0 Å². The van der Waals surface area contributed by atoms with Crippen LogP contribution in [0.2, 0.25) is 0 Å². The molecule has 0 saturated carbocycles. The minimum absolute atomic E-state index is 0.143. The lowest BCUT2D eigenvalue weighted by Crippen LogP contribution is -2.10. The highest BCUT2D eigenvalue weighted by atomic mass is 32.2. The monoisotopic (exact) mass is 393 g/mol. The number of rotatable bonds is 7. The molecular formula is C18H19NO3S3. The predicted octanol–water partition coefficient (Wildman–Crippen LogP) is 4.67. The van der Waals surface area contributed by atoms with Gasteiger partial charge in [-0.2, -0.15) is 20.2 Å². The molecule has 1 heterocycles. The van der Waals surface area contributed by atoms with Crippen molar-refractivity contribution in [1.29, 1.82) is 0 Å². The second-order valence-electron chi connectivity index (χ2n) is 5.52. The summed E-state index contributed by atoms with van der Waals surface area (Å²) in [7, 11) is -3.89. The highest BCUT2D eigenvalue weighted by Gasteiger charge is 2.20. The van der Waals surface area contributed by atoms with Crippen molar-refractivity contribution in [2.24, 2.45) is 0 Å². The second-order valence-corrected chi connectivity index (χ2v) is 9.45. The summed E-state index contributed by atoms with van der Waals surface area (Å²) in [4.78, 5) is 4.41. The van der Waals surface area contributed by atoms with E-state index in [0.29, 0.717) is 0 Å². The van der Waals surface area contributed by atoms with E-state index in [0.717, 1.165) is 39.3 Å². The fourth-order valence-corrected chi connectivity index (χ4v) is 5.03. The van der Waals surface area contributed by atoms with E-state index in [1.807, 2.05) is 49.0 Å². The fourth-order valence-electron chi connectivity index (χ4n) is 2.43. The summed E-state index contributed by atoms with van der Waals surface area (Å²) in [6, 6.07) is 12.6. The number of hydrogen-bond acceptors (Lipinski definition) is 6. The molecule has 0 aliphatic heterocycles. The zero-order valence-electron chi connectivity index (χ0n) is 14.1. The minimum Gasteiger partial charge on any atom is -0.348 e. The Morgan fingerprint density at radius 1 is 1.20 bits per heavy atom. The zero-order chi connectivity index (χ0) is 17.9. The molecule has 1 aromatic heterocycles. The van der Waals surface area contributed by atoms with Crippen LogP contribution in [0.4, 0.5) is 0 Å². The summed E-state index contributed by atoms with van der Waals surface area (Å²) in [6.45, 7) is 4.11. The van der Waals surface area contributed by atoms with Gasteiger partial charge in [0.25, 0.3) is 5.19 Å². The molecule has 3 rings (SSSR count). The van der Waals surface area contributed by atoms with Gasteiger partial charge in [-0.1, -0.05) is 36.5 Å².